The number of rotatable bonds is 10. The number of thiophene rings is 1. The molecule has 6 nitrogen and oxygen atoms in total. The van der Waals surface area contributed by atoms with Crippen molar-refractivity contribution >= 4 is 45.1 Å². The van der Waals surface area contributed by atoms with Crippen LogP contribution in [0.4, 0.5) is 4.79 Å². The summed E-state index contributed by atoms with van der Waals surface area (Å²) in [6.07, 6.45) is 4.36. The van der Waals surface area contributed by atoms with Gasteiger partial charge in [-0.3, -0.25) is 14.5 Å². The molecule has 2 rings (SSSR count). The number of urea groups is 1. The number of amides is 4. The Morgan fingerprint density at radius 2 is 2.00 bits per heavy atom. The van der Waals surface area contributed by atoms with E-state index in [9.17, 15) is 14.4 Å². The number of carbonyl (C=O) groups is 3. The van der Waals surface area contributed by atoms with Crippen molar-refractivity contribution in [2.45, 2.75) is 51.6 Å². The van der Waals surface area contributed by atoms with Crippen LogP contribution in [-0.4, -0.2) is 46.3 Å². The number of carbonyl (C=O) groups excluding carboxylic acids is 3. The number of imide groups is 1. The van der Waals surface area contributed by atoms with Crippen molar-refractivity contribution in [3.05, 3.63) is 33.5 Å². The van der Waals surface area contributed by atoms with E-state index < -0.39 is 11.6 Å². The normalized spacial score (nSPS) is 15.7. The van der Waals surface area contributed by atoms with E-state index in [0.717, 1.165) is 26.4 Å². The molecule has 1 fully saturated rings. The molecule has 4 amide bonds. The van der Waals surface area contributed by atoms with E-state index >= 15 is 0 Å². The zero-order valence-electron chi connectivity index (χ0n) is 15.8. The predicted molar refractivity (Wildman–Crippen MR) is 110 cm³/mol. The molecule has 0 saturated carbocycles. The van der Waals surface area contributed by atoms with Gasteiger partial charge in [-0.15, -0.1) is 17.9 Å². The maximum atomic E-state index is 12.9. The van der Waals surface area contributed by atoms with Gasteiger partial charge in [0, 0.05) is 11.4 Å². The molecule has 2 heterocycles. The average Bonchev–Trinajstić information content (AvgIpc) is 3.12. The summed E-state index contributed by atoms with van der Waals surface area (Å²) in [5.74, 6) is -0.561. The SMILES string of the molecule is C=CCN(Cc1ccc(Br)s1)C(=O)CN1C(=O)NC(CCC)(CCC)C1=O. The van der Waals surface area contributed by atoms with Crippen LogP contribution in [-0.2, 0) is 16.1 Å². The second kappa shape index (κ2) is 9.50. The summed E-state index contributed by atoms with van der Waals surface area (Å²) in [5.41, 5.74) is -0.872. The second-order valence-corrected chi connectivity index (χ2v) is 9.22. The first-order valence-corrected chi connectivity index (χ1v) is 10.7. The van der Waals surface area contributed by atoms with Gasteiger partial charge in [-0.05, 0) is 40.9 Å². The average molecular weight is 456 g/mol. The third-order valence-corrected chi connectivity index (χ3v) is 6.18. The highest BCUT2D eigenvalue weighted by molar-refractivity contribution is 9.11. The quantitative estimate of drug-likeness (QED) is 0.429. The lowest BCUT2D eigenvalue weighted by atomic mass is 9.88. The van der Waals surface area contributed by atoms with Gasteiger partial charge in [-0.2, -0.15) is 0 Å². The molecule has 1 aromatic rings. The van der Waals surface area contributed by atoms with E-state index in [4.69, 9.17) is 0 Å². The van der Waals surface area contributed by atoms with Crippen LogP contribution in [0.15, 0.2) is 28.6 Å². The topological polar surface area (TPSA) is 69.7 Å². The van der Waals surface area contributed by atoms with E-state index in [1.807, 2.05) is 26.0 Å². The van der Waals surface area contributed by atoms with Crippen molar-refractivity contribution in [3.63, 3.8) is 0 Å². The molecule has 0 aromatic carbocycles. The molecule has 0 radical (unpaired) electrons. The maximum Gasteiger partial charge on any atom is 0.325 e. The fraction of sp³-hybridized carbons (Fsp3) is 0.526. The molecule has 1 aromatic heterocycles. The summed E-state index contributed by atoms with van der Waals surface area (Å²) in [4.78, 5) is 41.9. The van der Waals surface area contributed by atoms with Gasteiger partial charge in [0.2, 0.25) is 5.91 Å². The molecule has 1 N–H and O–H groups in total. The minimum atomic E-state index is -0.872. The number of nitrogens with zero attached hydrogens (tertiary/aromatic N) is 2. The summed E-state index contributed by atoms with van der Waals surface area (Å²) in [5, 5.41) is 2.84. The van der Waals surface area contributed by atoms with E-state index in [1.165, 1.54) is 0 Å². The van der Waals surface area contributed by atoms with Crippen LogP contribution in [0.25, 0.3) is 0 Å². The van der Waals surface area contributed by atoms with Crippen molar-refractivity contribution in [2.75, 3.05) is 13.1 Å². The number of hydrogen-bond donors (Lipinski definition) is 1. The minimum absolute atomic E-state index is 0.250. The van der Waals surface area contributed by atoms with Crippen LogP contribution in [0, 0.1) is 0 Å². The predicted octanol–water partition coefficient (Wildman–Crippen LogP) is 3.92. The van der Waals surface area contributed by atoms with Crippen LogP contribution >= 0.6 is 27.3 Å². The second-order valence-electron chi connectivity index (χ2n) is 6.67. The van der Waals surface area contributed by atoms with Gasteiger partial charge < -0.3 is 10.2 Å². The van der Waals surface area contributed by atoms with Crippen LogP contribution in [0.1, 0.15) is 44.4 Å². The first-order valence-electron chi connectivity index (χ1n) is 9.13. The Labute approximate surface area is 172 Å². The van der Waals surface area contributed by atoms with Crippen molar-refractivity contribution in [1.82, 2.24) is 15.1 Å². The minimum Gasteiger partial charge on any atom is -0.332 e. The molecule has 1 aliphatic heterocycles. The summed E-state index contributed by atoms with van der Waals surface area (Å²) >= 11 is 4.96. The molecule has 1 aliphatic rings. The van der Waals surface area contributed by atoms with Crippen LogP contribution in [0.2, 0.25) is 0 Å². The largest absolute Gasteiger partial charge is 0.332 e. The summed E-state index contributed by atoms with van der Waals surface area (Å²) in [6.45, 7) is 8.19. The van der Waals surface area contributed by atoms with Gasteiger partial charge in [0.25, 0.3) is 5.91 Å². The monoisotopic (exact) mass is 455 g/mol. The number of halogens is 1. The van der Waals surface area contributed by atoms with Gasteiger partial charge in [-0.1, -0.05) is 32.8 Å². The smallest absolute Gasteiger partial charge is 0.325 e. The Morgan fingerprint density at radius 1 is 1.33 bits per heavy atom. The molecule has 0 bridgehead atoms. The molecular weight excluding hydrogens is 430 g/mol. The van der Waals surface area contributed by atoms with Gasteiger partial charge >= 0.3 is 6.03 Å². The Balaban J connectivity index is 2.12. The molecule has 27 heavy (non-hydrogen) atoms. The highest BCUT2D eigenvalue weighted by Gasteiger charge is 2.50. The van der Waals surface area contributed by atoms with Crippen LogP contribution < -0.4 is 5.32 Å². The molecule has 148 valence electrons. The number of nitrogens with one attached hydrogen (secondary N) is 1. The van der Waals surface area contributed by atoms with Crippen LogP contribution in [0.3, 0.4) is 0 Å². The van der Waals surface area contributed by atoms with Crippen LogP contribution in [0.5, 0.6) is 0 Å². The molecule has 8 heteroatoms. The van der Waals surface area contributed by atoms with Crippen molar-refractivity contribution < 1.29 is 14.4 Å². The third-order valence-electron chi connectivity index (χ3n) is 4.57. The first-order chi connectivity index (χ1) is 12.9. The molecule has 0 atom stereocenters. The lowest BCUT2D eigenvalue weighted by Gasteiger charge is -2.26. The van der Waals surface area contributed by atoms with E-state index in [1.54, 1.807) is 22.3 Å². The van der Waals surface area contributed by atoms with E-state index in [-0.39, 0.29) is 18.4 Å². The maximum absolute atomic E-state index is 12.9. The highest BCUT2D eigenvalue weighted by atomic mass is 79.9. The number of hydrogen-bond acceptors (Lipinski definition) is 4. The summed E-state index contributed by atoms with van der Waals surface area (Å²) in [7, 11) is 0. The molecule has 0 spiro atoms. The zero-order valence-corrected chi connectivity index (χ0v) is 18.2. The van der Waals surface area contributed by atoms with Crippen molar-refractivity contribution in [3.8, 4) is 0 Å². The van der Waals surface area contributed by atoms with Crippen molar-refractivity contribution in [1.29, 1.82) is 0 Å². The van der Waals surface area contributed by atoms with Gasteiger partial charge in [0.05, 0.1) is 10.3 Å². The van der Waals surface area contributed by atoms with Gasteiger partial charge in [0.1, 0.15) is 12.1 Å². The molecule has 1 saturated heterocycles. The lowest BCUT2D eigenvalue weighted by molar-refractivity contribution is -0.139. The van der Waals surface area contributed by atoms with Gasteiger partial charge in [0.15, 0.2) is 0 Å². The Bertz CT molecular complexity index is 713. The summed E-state index contributed by atoms with van der Waals surface area (Å²) in [6, 6.07) is 3.39. The molecule has 0 aliphatic carbocycles. The standard InChI is InChI=1S/C19H26BrN3O3S/c1-4-9-19(10-5-2)17(25)23(18(26)21-19)13-16(24)22(11-6-3)12-14-7-8-15(20)27-14/h6-8H,3-5,9-13H2,1-2H3,(H,21,26). The Morgan fingerprint density at radius 3 is 2.52 bits per heavy atom. The Kier molecular flexibility index (Phi) is 7.61. The first kappa shape index (κ1) is 21.6. The fourth-order valence-electron chi connectivity index (χ4n) is 3.41. The molecular formula is C19H26BrN3O3S. The van der Waals surface area contributed by atoms with Gasteiger partial charge in [-0.25, -0.2) is 4.79 Å². The van der Waals surface area contributed by atoms with E-state index in [0.29, 0.717) is 25.9 Å². The Hall–Kier alpha value is -1.67. The lowest BCUT2D eigenvalue weighted by Crippen LogP contribution is -2.47. The zero-order chi connectivity index (χ0) is 20.0. The fourth-order valence-corrected chi connectivity index (χ4v) is 4.91. The molecule has 0 unspecified atom stereocenters. The van der Waals surface area contributed by atoms with E-state index in [2.05, 4.69) is 27.8 Å². The van der Waals surface area contributed by atoms with Crippen molar-refractivity contribution in [2.24, 2.45) is 0 Å². The highest BCUT2D eigenvalue weighted by Crippen LogP contribution is 2.28. The summed E-state index contributed by atoms with van der Waals surface area (Å²) < 4.78 is 0.988. The third kappa shape index (κ3) is 4.99.